The predicted octanol–water partition coefficient (Wildman–Crippen LogP) is -0.983. The van der Waals surface area contributed by atoms with E-state index < -0.39 is 11.7 Å². The molecule has 6 heteroatoms. The molecule has 2 heterocycles. The van der Waals surface area contributed by atoms with E-state index in [-0.39, 0.29) is 18.3 Å². The Kier molecular flexibility index (Phi) is 1.77. The number of ether oxygens (including phenoxy) is 1. The first kappa shape index (κ1) is 8.29. The molecule has 0 atom stereocenters. The van der Waals surface area contributed by atoms with E-state index in [0.717, 1.165) is 0 Å². The molecule has 0 aromatic heterocycles. The first-order valence-electron chi connectivity index (χ1n) is 2.98. The fraction of sp³-hybridized carbons (Fsp3) is 0.600. The van der Waals surface area contributed by atoms with Crippen LogP contribution in [0.4, 0.5) is 4.79 Å². The third kappa shape index (κ3) is 0.965. The number of alkyl carbamates (subject to hydrolysis) is 1. The van der Waals surface area contributed by atoms with Gasteiger partial charge in [-0.25, -0.2) is 4.79 Å². The molecule has 0 bridgehead atoms. The third-order valence-electron chi connectivity index (χ3n) is 1.74. The molecular formula is C5H7ClN2O3. The standard InChI is InChI=1S/C5H6N2O3.ClH/c8-3-5(1-6-2-5)10-4(9)7-3;/h6H,1-2H2,(H,7,8,9);1H. The van der Waals surface area contributed by atoms with Crippen LogP contribution in [0.5, 0.6) is 0 Å². The zero-order chi connectivity index (χ0) is 7.19. The molecule has 2 N–H and O–H groups in total. The molecule has 0 aromatic rings. The number of carbonyl (C=O) groups is 2. The minimum atomic E-state index is -0.864. The Morgan fingerprint density at radius 3 is 2.18 bits per heavy atom. The predicted molar refractivity (Wildman–Crippen MR) is 37.5 cm³/mol. The van der Waals surface area contributed by atoms with Crippen LogP contribution in [0.25, 0.3) is 0 Å². The maximum atomic E-state index is 10.9. The van der Waals surface area contributed by atoms with Gasteiger partial charge in [0.2, 0.25) is 5.60 Å². The molecular weight excluding hydrogens is 172 g/mol. The highest BCUT2D eigenvalue weighted by atomic mass is 35.5. The Morgan fingerprint density at radius 2 is 2.00 bits per heavy atom. The van der Waals surface area contributed by atoms with Gasteiger partial charge in [0.15, 0.2) is 0 Å². The smallest absolute Gasteiger partial charge is 0.415 e. The summed E-state index contributed by atoms with van der Waals surface area (Å²) in [5, 5.41) is 4.93. The van der Waals surface area contributed by atoms with Crippen molar-refractivity contribution in [1.82, 2.24) is 10.6 Å². The van der Waals surface area contributed by atoms with Crippen LogP contribution >= 0.6 is 12.4 Å². The lowest BCUT2D eigenvalue weighted by atomic mass is 9.97. The second-order valence-electron chi connectivity index (χ2n) is 2.44. The van der Waals surface area contributed by atoms with Crippen molar-refractivity contribution in [3.8, 4) is 0 Å². The third-order valence-corrected chi connectivity index (χ3v) is 1.74. The fourth-order valence-electron chi connectivity index (χ4n) is 1.04. The van der Waals surface area contributed by atoms with Crippen molar-refractivity contribution in [3.05, 3.63) is 0 Å². The highest BCUT2D eigenvalue weighted by molar-refractivity contribution is 6.03. The molecule has 2 aliphatic heterocycles. The molecule has 11 heavy (non-hydrogen) atoms. The fourth-order valence-corrected chi connectivity index (χ4v) is 1.04. The topological polar surface area (TPSA) is 67.4 Å². The van der Waals surface area contributed by atoms with Gasteiger partial charge in [0, 0.05) is 13.1 Å². The van der Waals surface area contributed by atoms with Crippen LogP contribution in [0.3, 0.4) is 0 Å². The SMILES string of the molecule is Cl.O=C1NC(=O)C2(CNC2)O1. The summed E-state index contributed by atoms with van der Waals surface area (Å²) in [5.74, 6) is -0.323. The lowest BCUT2D eigenvalue weighted by Gasteiger charge is -2.33. The molecule has 1 spiro atoms. The molecule has 2 rings (SSSR count). The number of rotatable bonds is 0. The minimum Gasteiger partial charge on any atom is -0.430 e. The van der Waals surface area contributed by atoms with E-state index in [1.807, 2.05) is 0 Å². The zero-order valence-electron chi connectivity index (χ0n) is 5.55. The normalized spacial score (nSPS) is 25.1. The zero-order valence-corrected chi connectivity index (χ0v) is 6.36. The highest BCUT2D eigenvalue weighted by Crippen LogP contribution is 2.21. The van der Waals surface area contributed by atoms with Crippen molar-refractivity contribution < 1.29 is 14.3 Å². The molecule has 2 saturated heterocycles. The van der Waals surface area contributed by atoms with Crippen molar-refractivity contribution in [2.24, 2.45) is 0 Å². The summed E-state index contributed by atoms with van der Waals surface area (Å²) in [5.41, 5.74) is -0.864. The quantitative estimate of drug-likeness (QED) is 0.500. The van der Waals surface area contributed by atoms with Gasteiger partial charge in [0.25, 0.3) is 5.91 Å². The van der Waals surface area contributed by atoms with Crippen molar-refractivity contribution >= 4 is 24.4 Å². The summed E-state index contributed by atoms with van der Waals surface area (Å²) in [6.45, 7) is 0.870. The maximum absolute atomic E-state index is 10.9. The molecule has 2 amide bonds. The lowest BCUT2D eigenvalue weighted by Crippen LogP contribution is -2.64. The number of imide groups is 1. The maximum Gasteiger partial charge on any atom is 0.415 e. The molecule has 2 fully saturated rings. The van der Waals surface area contributed by atoms with Crippen molar-refractivity contribution in [3.63, 3.8) is 0 Å². The average molecular weight is 179 g/mol. The Labute approximate surface area is 68.9 Å². The number of nitrogens with one attached hydrogen (secondary N) is 2. The Bertz CT molecular complexity index is 214. The minimum absolute atomic E-state index is 0. The monoisotopic (exact) mass is 178 g/mol. The van der Waals surface area contributed by atoms with Crippen LogP contribution in [0, 0.1) is 0 Å². The first-order chi connectivity index (χ1) is 4.73. The van der Waals surface area contributed by atoms with Crippen molar-refractivity contribution in [2.75, 3.05) is 13.1 Å². The van der Waals surface area contributed by atoms with Crippen molar-refractivity contribution in [1.29, 1.82) is 0 Å². The second kappa shape index (κ2) is 2.35. The molecule has 62 valence electrons. The Balaban J connectivity index is 0.000000605. The molecule has 0 radical (unpaired) electrons. The second-order valence-corrected chi connectivity index (χ2v) is 2.44. The largest absolute Gasteiger partial charge is 0.430 e. The number of amides is 2. The highest BCUT2D eigenvalue weighted by Gasteiger charge is 2.53. The number of hydrogen-bond acceptors (Lipinski definition) is 4. The van der Waals surface area contributed by atoms with E-state index in [9.17, 15) is 9.59 Å². The van der Waals surface area contributed by atoms with E-state index in [4.69, 9.17) is 4.74 Å². The molecule has 2 aliphatic rings. The van der Waals surface area contributed by atoms with Gasteiger partial charge in [-0.15, -0.1) is 12.4 Å². The van der Waals surface area contributed by atoms with Crippen LogP contribution in [0.2, 0.25) is 0 Å². The van der Waals surface area contributed by atoms with Crippen LogP contribution in [-0.4, -0.2) is 30.7 Å². The molecule has 0 unspecified atom stereocenters. The summed E-state index contributed by atoms with van der Waals surface area (Å²) in [6, 6.07) is 0. The summed E-state index contributed by atoms with van der Waals surface area (Å²) in [4.78, 5) is 21.4. The van der Waals surface area contributed by atoms with Crippen LogP contribution < -0.4 is 10.6 Å². The van der Waals surface area contributed by atoms with E-state index in [1.54, 1.807) is 0 Å². The summed E-state index contributed by atoms with van der Waals surface area (Å²) in [7, 11) is 0. The summed E-state index contributed by atoms with van der Waals surface area (Å²) >= 11 is 0. The van der Waals surface area contributed by atoms with Gasteiger partial charge >= 0.3 is 6.09 Å². The van der Waals surface area contributed by atoms with Gasteiger partial charge in [0.05, 0.1) is 0 Å². The van der Waals surface area contributed by atoms with E-state index in [2.05, 4.69) is 10.6 Å². The van der Waals surface area contributed by atoms with Crippen LogP contribution in [0.15, 0.2) is 0 Å². The Hall–Kier alpha value is -0.810. The van der Waals surface area contributed by atoms with Gasteiger partial charge < -0.3 is 10.1 Å². The summed E-state index contributed by atoms with van der Waals surface area (Å²) in [6.07, 6.45) is -0.633. The van der Waals surface area contributed by atoms with Gasteiger partial charge in [0.1, 0.15) is 0 Å². The van der Waals surface area contributed by atoms with Crippen LogP contribution in [-0.2, 0) is 9.53 Å². The van der Waals surface area contributed by atoms with Crippen LogP contribution in [0.1, 0.15) is 0 Å². The van der Waals surface area contributed by atoms with Gasteiger partial charge in [-0.3, -0.25) is 10.1 Å². The number of hydrogen-bond donors (Lipinski definition) is 2. The van der Waals surface area contributed by atoms with Crippen molar-refractivity contribution in [2.45, 2.75) is 5.60 Å². The first-order valence-corrected chi connectivity index (χ1v) is 2.98. The Morgan fingerprint density at radius 1 is 1.36 bits per heavy atom. The molecule has 0 aromatic carbocycles. The molecule has 0 aliphatic carbocycles. The average Bonchev–Trinajstić information content (AvgIpc) is 2.04. The van der Waals surface area contributed by atoms with E-state index in [0.29, 0.717) is 13.1 Å². The van der Waals surface area contributed by atoms with E-state index in [1.165, 1.54) is 0 Å². The summed E-state index contributed by atoms with van der Waals surface area (Å²) < 4.78 is 4.73. The van der Waals surface area contributed by atoms with Gasteiger partial charge in [-0.2, -0.15) is 0 Å². The van der Waals surface area contributed by atoms with Gasteiger partial charge in [-0.05, 0) is 0 Å². The molecule has 5 nitrogen and oxygen atoms in total. The molecule has 0 saturated carbocycles. The number of halogens is 1. The van der Waals surface area contributed by atoms with Gasteiger partial charge in [-0.1, -0.05) is 0 Å². The van der Waals surface area contributed by atoms with E-state index >= 15 is 0 Å². The lowest BCUT2D eigenvalue weighted by molar-refractivity contribution is -0.135. The number of carbonyl (C=O) groups excluding carboxylic acids is 2.